The molecule has 4 nitrogen and oxygen atoms in total. The van der Waals surface area contributed by atoms with E-state index < -0.39 is 0 Å². The lowest BCUT2D eigenvalue weighted by atomic mass is 9.91. The van der Waals surface area contributed by atoms with Crippen LogP contribution in [0, 0.1) is 5.92 Å². The molecule has 1 atom stereocenters. The van der Waals surface area contributed by atoms with Crippen molar-refractivity contribution < 1.29 is 9.84 Å². The topological polar surface area (TPSA) is 45.6 Å². The van der Waals surface area contributed by atoms with E-state index >= 15 is 0 Å². The Morgan fingerprint density at radius 1 is 1.40 bits per heavy atom. The fourth-order valence-corrected chi connectivity index (χ4v) is 2.62. The molecule has 1 N–H and O–H groups in total. The quantitative estimate of drug-likeness (QED) is 0.918. The molecule has 0 amide bonds. The molecular weight excluding hydrogens is 252 g/mol. The first kappa shape index (κ1) is 15.3. The SMILES string of the molecule is COCC1CCN(c2cc(CO)cc(C(C)(C)C)n2)C1. The zero-order valence-electron chi connectivity index (χ0n) is 13.0. The molecule has 0 aliphatic carbocycles. The third-order valence-corrected chi connectivity index (χ3v) is 3.83. The van der Waals surface area contributed by atoms with Gasteiger partial charge in [-0.25, -0.2) is 4.98 Å². The number of methoxy groups -OCH3 is 1. The van der Waals surface area contributed by atoms with Crippen LogP contribution < -0.4 is 4.90 Å². The standard InChI is InChI=1S/C16H26N2O2/c1-16(2,3)14-7-13(10-19)8-15(17-14)18-6-5-12(9-18)11-20-4/h7-8,12,19H,5-6,9-11H2,1-4H3. The molecule has 1 aromatic rings. The number of pyridine rings is 1. The number of aromatic nitrogens is 1. The first-order valence-electron chi connectivity index (χ1n) is 7.30. The van der Waals surface area contributed by atoms with E-state index in [1.165, 1.54) is 0 Å². The van der Waals surface area contributed by atoms with Gasteiger partial charge in [-0.2, -0.15) is 0 Å². The van der Waals surface area contributed by atoms with Crippen LogP contribution in [0.3, 0.4) is 0 Å². The molecule has 1 aliphatic heterocycles. The van der Waals surface area contributed by atoms with Gasteiger partial charge < -0.3 is 14.7 Å². The summed E-state index contributed by atoms with van der Waals surface area (Å²) in [6.45, 7) is 9.32. The zero-order valence-corrected chi connectivity index (χ0v) is 13.0. The van der Waals surface area contributed by atoms with Crippen LogP contribution in [0.4, 0.5) is 5.82 Å². The van der Waals surface area contributed by atoms with Gasteiger partial charge in [-0.3, -0.25) is 0 Å². The average Bonchev–Trinajstić information content (AvgIpc) is 2.86. The summed E-state index contributed by atoms with van der Waals surface area (Å²) >= 11 is 0. The lowest BCUT2D eigenvalue weighted by Gasteiger charge is -2.24. The van der Waals surface area contributed by atoms with E-state index in [0.29, 0.717) is 5.92 Å². The van der Waals surface area contributed by atoms with Gasteiger partial charge in [-0.1, -0.05) is 20.8 Å². The first-order chi connectivity index (χ1) is 9.44. The van der Waals surface area contributed by atoms with E-state index in [9.17, 15) is 5.11 Å². The van der Waals surface area contributed by atoms with Crippen molar-refractivity contribution in [1.29, 1.82) is 0 Å². The fourth-order valence-electron chi connectivity index (χ4n) is 2.62. The predicted molar refractivity (Wildman–Crippen MR) is 81.1 cm³/mol. The zero-order chi connectivity index (χ0) is 14.8. The number of aliphatic hydroxyl groups excluding tert-OH is 1. The number of hydrogen-bond acceptors (Lipinski definition) is 4. The van der Waals surface area contributed by atoms with E-state index in [2.05, 4.69) is 25.7 Å². The third-order valence-electron chi connectivity index (χ3n) is 3.83. The highest BCUT2D eigenvalue weighted by atomic mass is 16.5. The normalized spacial score (nSPS) is 19.6. The highest BCUT2D eigenvalue weighted by molar-refractivity contribution is 5.44. The molecule has 2 rings (SSSR count). The second-order valence-corrected chi connectivity index (χ2v) is 6.68. The summed E-state index contributed by atoms with van der Waals surface area (Å²) in [6, 6.07) is 4.01. The molecular formula is C16H26N2O2. The van der Waals surface area contributed by atoms with Crippen LogP contribution in [0.25, 0.3) is 0 Å². The smallest absolute Gasteiger partial charge is 0.129 e. The van der Waals surface area contributed by atoms with Gasteiger partial charge in [0.25, 0.3) is 0 Å². The summed E-state index contributed by atoms with van der Waals surface area (Å²) < 4.78 is 5.25. The molecule has 1 saturated heterocycles. The van der Waals surface area contributed by atoms with Gasteiger partial charge >= 0.3 is 0 Å². The minimum absolute atomic E-state index is 0.00835. The molecule has 2 heterocycles. The molecule has 1 aliphatic rings. The molecule has 1 aromatic heterocycles. The van der Waals surface area contributed by atoms with Gasteiger partial charge in [0, 0.05) is 37.2 Å². The van der Waals surface area contributed by atoms with Crippen LogP contribution in [0.1, 0.15) is 38.4 Å². The van der Waals surface area contributed by atoms with Crippen molar-refractivity contribution in [2.45, 2.75) is 39.2 Å². The summed E-state index contributed by atoms with van der Waals surface area (Å²) in [4.78, 5) is 7.11. The van der Waals surface area contributed by atoms with Crippen molar-refractivity contribution >= 4 is 5.82 Å². The van der Waals surface area contributed by atoms with Crippen LogP contribution in [0.5, 0.6) is 0 Å². The van der Waals surface area contributed by atoms with Crippen molar-refractivity contribution in [1.82, 2.24) is 4.98 Å². The summed E-state index contributed by atoms with van der Waals surface area (Å²) in [5.74, 6) is 1.57. The van der Waals surface area contributed by atoms with Crippen LogP contribution in [0.2, 0.25) is 0 Å². The number of hydrogen-bond donors (Lipinski definition) is 1. The Hall–Kier alpha value is -1.13. The highest BCUT2D eigenvalue weighted by Crippen LogP contribution is 2.28. The van der Waals surface area contributed by atoms with E-state index in [4.69, 9.17) is 9.72 Å². The van der Waals surface area contributed by atoms with E-state index in [1.54, 1.807) is 7.11 Å². The Bertz CT molecular complexity index is 454. The Labute approximate surface area is 121 Å². The molecule has 1 unspecified atom stereocenters. The van der Waals surface area contributed by atoms with Gasteiger partial charge in [0.15, 0.2) is 0 Å². The summed E-state index contributed by atoms with van der Waals surface area (Å²) in [5.41, 5.74) is 1.97. The molecule has 4 heteroatoms. The maximum atomic E-state index is 9.46. The summed E-state index contributed by atoms with van der Waals surface area (Å²) in [5, 5.41) is 9.46. The molecule has 112 valence electrons. The summed E-state index contributed by atoms with van der Waals surface area (Å²) in [6.07, 6.45) is 1.14. The Morgan fingerprint density at radius 3 is 2.75 bits per heavy atom. The van der Waals surface area contributed by atoms with Gasteiger partial charge in [0.2, 0.25) is 0 Å². The maximum Gasteiger partial charge on any atom is 0.129 e. The van der Waals surface area contributed by atoms with Crippen molar-refractivity contribution in [3.05, 3.63) is 23.4 Å². The minimum Gasteiger partial charge on any atom is -0.392 e. The van der Waals surface area contributed by atoms with Crippen molar-refractivity contribution in [3.63, 3.8) is 0 Å². The first-order valence-corrected chi connectivity index (χ1v) is 7.30. The Morgan fingerprint density at radius 2 is 2.15 bits per heavy atom. The number of anilines is 1. The van der Waals surface area contributed by atoms with Gasteiger partial charge in [0.05, 0.1) is 13.2 Å². The molecule has 20 heavy (non-hydrogen) atoms. The molecule has 0 aromatic carbocycles. The molecule has 0 saturated carbocycles. The van der Waals surface area contributed by atoms with Gasteiger partial charge in [-0.15, -0.1) is 0 Å². The second-order valence-electron chi connectivity index (χ2n) is 6.68. The second kappa shape index (κ2) is 6.10. The lowest BCUT2D eigenvalue weighted by Crippen LogP contribution is -2.24. The predicted octanol–water partition coefficient (Wildman–Crippen LogP) is 2.34. The van der Waals surface area contributed by atoms with Crippen LogP contribution in [-0.4, -0.2) is 36.9 Å². The highest BCUT2D eigenvalue weighted by Gasteiger charge is 2.25. The monoisotopic (exact) mass is 278 g/mol. The van der Waals surface area contributed by atoms with Crippen molar-refractivity contribution in [2.24, 2.45) is 5.92 Å². The maximum absolute atomic E-state index is 9.46. The average molecular weight is 278 g/mol. The van der Waals surface area contributed by atoms with Crippen molar-refractivity contribution in [3.8, 4) is 0 Å². The molecule has 0 radical (unpaired) electrons. The fraction of sp³-hybridized carbons (Fsp3) is 0.688. The van der Waals surface area contributed by atoms with Crippen LogP contribution >= 0.6 is 0 Å². The third kappa shape index (κ3) is 3.49. The number of aliphatic hydroxyl groups is 1. The van der Waals surface area contributed by atoms with E-state index in [0.717, 1.165) is 43.2 Å². The largest absolute Gasteiger partial charge is 0.392 e. The number of ether oxygens (including phenoxy) is 1. The molecule has 1 fully saturated rings. The number of nitrogens with zero attached hydrogens (tertiary/aromatic N) is 2. The van der Waals surface area contributed by atoms with Gasteiger partial charge in [-0.05, 0) is 24.1 Å². The summed E-state index contributed by atoms with van der Waals surface area (Å²) in [7, 11) is 1.75. The minimum atomic E-state index is -0.00835. The van der Waals surface area contributed by atoms with Crippen LogP contribution in [-0.2, 0) is 16.8 Å². The lowest BCUT2D eigenvalue weighted by molar-refractivity contribution is 0.161. The molecule has 0 spiro atoms. The Balaban J connectivity index is 2.23. The molecule has 0 bridgehead atoms. The van der Waals surface area contributed by atoms with Gasteiger partial charge in [0.1, 0.15) is 5.82 Å². The Kier molecular flexibility index (Phi) is 4.66. The number of rotatable bonds is 4. The van der Waals surface area contributed by atoms with E-state index in [-0.39, 0.29) is 12.0 Å². The van der Waals surface area contributed by atoms with Crippen molar-refractivity contribution in [2.75, 3.05) is 31.7 Å². The van der Waals surface area contributed by atoms with E-state index in [1.807, 2.05) is 12.1 Å². The van der Waals surface area contributed by atoms with Crippen LogP contribution in [0.15, 0.2) is 12.1 Å².